The molecule has 142 valence electrons. The predicted octanol–water partition coefficient (Wildman–Crippen LogP) is -0.191. The van der Waals surface area contributed by atoms with Gasteiger partial charge in [-0.3, -0.25) is 0 Å². The quantitative estimate of drug-likeness (QED) is 0.560. The summed E-state index contributed by atoms with van der Waals surface area (Å²) in [5, 5.41) is 12.9. The molecule has 1 aromatic carbocycles. The van der Waals surface area contributed by atoms with Gasteiger partial charge in [-0.05, 0) is 63.7 Å². The van der Waals surface area contributed by atoms with Crippen molar-refractivity contribution in [1.82, 2.24) is 19.8 Å². The molecule has 0 spiro atoms. The summed E-state index contributed by atoms with van der Waals surface area (Å²) >= 11 is 7.37. The molecule has 1 fully saturated rings. The van der Waals surface area contributed by atoms with Crippen LogP contribution in [0.3, 0.4) is 0 Å². The zero-order valence-electron chi connectivity index (χ0n) is 15.3. The number of hydrogen-bond acceptors (Lipinski definition) is 5. The second-order valence-corrected chi connectivity index (χ2v) is 7.98. The van der Waals surface area contributed by atoms with Gasteiger partial charge in [-0.2, -0.15) is 20.7 Å². The van der Waals surface area contributed by atoms with Crippen LogP contribution in [0.25, 0.3) is 5.69 Å². The zero-order chi connectivity index (χ0) is 18.6. The first kappa shape index (κ1) is 18.3. The van der Waals surface area contributed by atoms with Crippen molar-refractivity contribution in [3.63, 3.8) is 0 Å². The van der Waals surface area contributed by atoms with E-state index in [2.05, 4.69) is 27.3 Å². The molecular formula is C18H24N6OS2+2. The van der Waals surface area contributed by atoms with Crippen LogP contribution in [0.4, 0.5) is 0 Å². The van der Waals surface area contributed by atoms with E-state index in [1.165, 1.54) is 23.6 Å². The number of aromatic nitrogens is 4. The van der Waals surface area contributed by atoms with E-state index < -0.39 is 0 Å². The Morgan fingerprint density at radius 2 is 1.81 bits per heavy atom. The average molecular weight is 405 g/mol. The Labute approximate surface area is 167 Å². The van der Waals surface area contributed by atoms with Crippen LogP contribution in [-0.2, 0) is 13.2 Å². The number of piperazine rings is 1. The predicted molar refractivity (Wildman–Crippen MR) is 106 cm³/mol. The fourth-order valence-electron chi connectivity index (χ4n) is 3.44. The van der Waals surface area contributed by atoms with Gasteiger partial charge in [-0.25, -0.2) is 0 Å². The molecule has 0 amide bonds. The van der Waals surface area contributed by atoms with Crippen LogP contribution < -0.4 is 14.5 Å². The molecule has 1 aliphatic heterocycles. The normalized spacial score (nSPS) is 19.9. The van der Waals surface area contributed by atoms with E-state index in [0.717, 1.165) is 37.7 Å². The van der Waals surface area contributed by atoms with E-state index in [4.69, 9.17) is 17.0 Å². The molecule has 3 aromatic rings. The first-order chi connectivity index (χ1) is 13.2. The Kier molecular flexibility index (Phi) is 5.63. The van der Waals surface area contributed by atoms with Gasteiger partial charge in [0, 0.05) is 5.56 Å². The van der Waals surface area contributed by atoms with Crippen molar-refractivity contribution in [1.29, 1.82) is 0 Å². The average Bonchev–Trinajstić information content (AvgIpc) is 3.34. The molecule has 3 heterocycles. The first-order valence-corrected chi connectivity index (χ1v) is 10.4. The Balaban J connectivity index is 1.36. The van der Waals surface area contributed by atoms with Gasteiger partial charge < -0.3 is 14.5 Å². The number of rotatable bonds is 6. The molecule has 2 aromatic heterocycles. The highest BCUT2D eigenvalue weighted by atomic mass is 32.1. The van der Waals surface area contributed by atoms with Crippen LogP contribution in [0.2, 0.25) is 0 Å². The van der Waals surface area contributed by atoms with E-state index in [-0.39, 0.29) is 0 Å². The van der Waals surface area contributed by atoms with E-state index in [9.17, 15) is 0 Å². The maximum Gasteiger partial charge on any atom is 0.225 e. The van der Waals surface area contributed by atoms with Crippen molar-refractivity contribution in [2.75, 3.05) is 33.3 Å². The number of benzene rings is 1. The van der Waals surface area contributed by atoms with Crippen LogP contribution in [0, 0.1) is 4.77 Å². The van der Waals surface area contributed by atoms with Crippen LogP contribution in [0.1, 0.15) is 5.56 Å². The number of tetrazole rings is 1. The number of methoxy groups -OCH3 is 1. The lowest BCUT2D eigenvalue weighted by Gasteiger charge is -2.29. The van der Waals surface area contributed by atoms with E-state index in [1.54, 1.807) is 28.0 Å². The highest BCUT2D eigenvalue weighted by Crippen LogP contribution is 2.14. The Morgan fingerprint density at radius 1 is 1.07 bits per heavy atom. The summed E-state index contributed by atoms with van der Waals surface area (Å²) in [5.41, 5.74) is 2.34. The fourth-order valence-corrected chi connectivity index (χ4v) is 4.36. The summed E-state index contributed by atoms with van der Waals surface area (Å²) in [6.07, 6.45) is 0. The van der Waals surface area contributed by atoms with Crippen molar-refractivity contribution in [2.45, 2.75) is 13.2 Å². The van der Waals surface area contributed by atoms with Crippen molar-refractivity contribution < 1.29 is 14.5 Å². The summed E-state index contributed by atoms with van der Waals surface area (Å²) in [6, 6.07) is 9.90. The van der Waals surface area contributed by atoms with Crippen LogP contribution in [-0.4, -0.2) is 53.1 Å². The maximum atomic E-state index is 5.59. The molecule has 1 saturated heterocycles. The maximum absolute atomic E-state index is 5.59. The summed E-state index contributed by atoms with van der Waals surface area (Å²) in [5.74, 6) is 0.810. The second-order valence-electron chi connectivity index (χ2n) is 6.84. The van der Waals surface area contributed by atoms with Gasteiger partial charge in [0.05, 0.1) is 12.8 Å². The van der Waals surface area contributed by atoms with Gasteiger partial charge in [0.1, 0.15) is 38.5 Å². The number of hydrogen-bond donors (Lipinski definition) is 2. The number of thiophene rings is 1. The van der Waals surface area contributed by atoms with Crippen molar-refractivity contribution >= 4 is 23.6 Å². The minimum atomic E-state index is 0.626. The van der Waals surface area contributed by atoms with Crippen molar-refractivity contribution in [3.8, 4) is 11.4 Å². The van der Waals surface area contributed by atoms with Gasteiger partial charge in [0.15, 0.2) is 6.67 Å². The summed E-state index contributed by atoms with van der Waals surface area (Å²) in [6.45, 7) is 6.48. The minimum Gasteiger partial charge on any atom is -0.497 e. The van der Waals surface area contributed by atoms with Gasteiger partial charge in [-0.1, -0.05) is 0 Å². The Bertz CT molecular complexity index is 910. The SMILES string of the molecule is COc1ccc(-n2nnn(C[NH+]3CC[NH+](Cc4ccsc4)CC3)c2=S)cc1. The Morgan fingerprint density at radius 3 is 2.48 bits per heavy atom. The third-order valence-corrected chi connectivity index (χ3v) is 6.14. The number of ether oxygens (including phenoxy) is 1. The van der Waals surface area contributed by atoms with Crippen LogP contribution in [0.15, 0.2) is 41.1 Å². The molecule has 0 bridgehead atoms. The van der Waals surface area contributed by atoms with E-state index in [1.807, 2.05) is 28.9 Å². The topological polar surface area (TPSA) is 53.7 Å². The molecule has 2 N–H and O–H groups in total. The molecule has 7 nitrogen and oxygen atoms in total. The summed E-state index contributed by atoms with van der Waals surface area (Å²) in [4.78, 5) is 3.16. The molecule has 0 unspecified atom stereocenters. The van der Waals surface area contributed by atoms with Crippen LogP contribution in [0.5, 0.6) is 5.75 Å². The monoisotopic (exact) mass is 404 g/mol. The van der Waals surface area contributed by atoms with Gasteiger partial charge in [0.2, 0.25) is 4.77 Å². The lowest BCUT2D eigenvalue weighted by Crippen LogP contribution is -3.27. The molecule has 0 aliphatic carbocycles. The standard InChI is InChI=1S/C18H22N6OS2/c1-25-17-4-2-16(3-5-17)24-18(26)23(19-20-24)14-22-9-7-21(8-10-22)12-15-6-11-27-13-15/h2-6,11,13H,7-10,12,14H2,1H3/p+2. The largest absolute Gasteiger partial charge is 0.497 e. The first-order valence-electron chi connectivity index (χ1n) is 9.08. The highest BCUT2D eigenvalue weighted by molar-refractivity contribution is 7.71. The van der Waals surface area contributed by atoms with Gasteiger partial charge in [-0.15, -0.1) is 0 Å². The molecule has 4 rings (SSSR count). The third-order valence-electron chi connectivity index (χ3n) is 5.03. The molecule has 0 radical (unpaired) electrons. The number of quaternary nitrogens is 2. The minimum absolute atomic E-state index is 0.626. The van der Waals surface area contributed by atoms with Crippen molar-refractivity contribution in [2.24, 2.45) is 0 Å². The summed E-state index contributed by atoms with van der Waals surface area (Å²) in [7, 11) is 1.65. The van der Waals surface area contributed by atoms with E-state index in [0.29, 0.717) is 4.77 Å². The third kappa shape index (κ3) is 4.27. The Hall–Kier alpha value is -2.07. The second kappa shape index (κ2) is 8.30. The van der Waals surface area contributed by atoms with Gasteiger partial charge >= 0.3 is 0 Å². The lowest BCUT2D eigenvalue weighted by atomic mass is 10.2. The lowest BCUT2D eigenvalue weighted by molar-refractivity contribution is -1.03. The zero-order valence-corrected chi connectivity index (χ0v) is 16.9. The molecule has 0 atom stereocenters. The molecule has 1 aliphatic rings. The number of nitrogens with one attached hydrogen (secondary N) is 2. The summed E-state index contributed by atoms with van der Waals surface area (Å²) < 4.78 is 9.36. The van der Waals surface area contributed by atoms with Gasteiger partial charge in [0.25, 0.3) is 0 Å². The van der Waals surface area contributed by atoms with E-state index >= 15 is 0 Å². The van der Waals surface area contributed by atoms with Crippen molar-refractivity contribution in [3.05, 3.63) is 51.4 Å². The van der Waals surface area contributed by atoms with Crippen LogP contribution >= 0.6 is 23.6 Å². The molecule has 0 saturated carbocycles. The number of nitrogens with zero attached hydrogens (tertiary/aromatic N) is 4. The molecule has 27 heavy (non-hydrogen) atoms. The smallest absolute Gasteiger partial charge is 0.225 e. The molecular weight excluding hydrogens is 380 g/mol. The fraction of sp³-hybridized carbons (Fsp3) is 0.389. The molecule has 9 heteroatoms. The highest BCUT2D eigenvalue weighted by Gasteiger charge is 2.24.